The van der Waals surface area contributed by atoms with Gasteiger partial charge >= 0.3 is 0 Å². The number of amides is 1. The first-order chi connectivity index (χ1) is 19.2. The molecule has 0 fully saturated rings. The predicted molar refractivity (Wildman–Crippen MR) is 169 cm³/mol. The Bertz CT molecular complexity index is 1290. The number of rotatable bonds is 12. The van der Waals surface area contributed by atoms with Crippen LogP contribution >= 0.6 is 11.3 Å². The van der Waals surface area contributed by atoms with Crippen LogP contribution in [0.2, 0.25) is 0 Å². The molecule has 3 aromatic carbocycles. The highest BCUT2D eigenvalue weighted by Gasteiger charge is 2.18. The minimum atomic E-state index is 0.625. The Morgan fingerprint density at radius 3 is 2.38 bits per heavy atom. The molecular formula is C35H42N2OS. The first-order valence-corrected chi connectivity index (χ1v) is 15.3. The molecule has 4 heteroatoms. The summed E-state index contributed by atoms with van der Waals surface area (Å²) >= 11 is 1.89. The third kappa shape index (κ3) is 8.06. The molecular weight excluding hydrogens is 496 g/mol. The van der Waals surface area contributed by atoms with Gasteiger partial charge in [-0.3, -0.25) is 4.79 Å². The molecule has 0 bridgehead atoms. The average Bonchev–Trinajstić information content (AvgIpc) is 3.63. The Hall–Kier alpha value is -3.37. The van der Waals surface area contributed by atoms with Gasteiger partial charge in [0.2, 0.25) is 6.41 Å². The van der Waals surface area contributed by atoms with Crippen molar-refractivity contribution in [2.24, 2.45) is 0 Å². The first kappa shape index (κ1) is 28.6. The van der Waals surface area contributed by atoms with Crippen LogP contribution in [-0.4, -0.2) is 20.0 Å². The van der Waals surface area contributed by atoms with Crippen LogP contribution in [0.15, 0.2) is 84.2 Å². The maximum absolute atomic E-state index is 9.06. The van der Waals surface area contributed by atoms with E-state index in [2.05, 4.69) is 101 Å². The van der Waals surface area contributed by atoms with Crippen LogP contribution in [0.1, 0.15) is 62.1 Å². The number of nitrogens with one attached hydrogen (secondary N) is 1. The Labute approximate surface area is 238 Å². The molecule has 1 amide bonds. The number of para-hydroxylation sites is 1. The van der Waals surface area contributed by atoms with Crippen LogP contribution in [0.3, 0.4) is 0 Å². The zero-order valence-electron chi connectivity index (χ0n) is 23.5. The van der Waals surface area contributed by atoms with E-state index in [1.807, 2.05) is 11.3 Å². The van der Waals surface area contributed by atoms with Gasteiger partial charge < -0.3 is 10.2 Å². The van der Waals surface area contributed by atoms with Crippen molar-refractivity contribution in [3.63, 3.8) is 0 Å². The Morgan fingerprint density at radius 2 is 1.59 bits per heavy atom. The lowest BCUT2D eigenvalue weighted by Gasteiger charge is -2.19. The van der Waals surface area contributed by atoms with E-state index in [0.29, 0.717) is 6.41 Å². The van der Waals surface area contributed by atoms with Crippen LogP contribution < -0.4 is 10.2 Å². The number of nitrogens with zero attached hydrogens (tertiary/aromatic N) is 1. The van der Waals surface area contributed by atoms with Crippen LogP contribution in [0.25, 0.3) is 21.6 Å². The molecule has 1 N–H and O–H groups in total. The quantitative estimate of drug-likeness (QED) is 0.144. The third-order valence-electron chi connectivity index (χ3n) is 7.43. The lowest BCUT2D eigenvalue weighted by atomic mass is 9.98. The predicted octanol–water partition coefficient (Wildman–Crippen LogP) is 8.91. The van der Waals surface area contributed by atoms with Crippen LogP contribution in [0, 0.1) is 0 Å². The molecule has 3 nitrogen and oxygen atoms in total. The lowest BCUT2D eigenvalue weighted by molar-refractivity contribution is -0.109. The maximum Gasteiger partial charge on any atom is 0.206 e. The Morgan fingerprint density at radius 1 is 0.846 bits per heavy atom. The molecule has 4 aromatic rings. The van der Waals surface area contributed by atoms with Gasteiger partial charge in [0.15, 0.2) is 0 Å². The van der Waals surface area contributed by atoms with Crippen LogP contribution in [0.4, 0.5) is 5.69 Å². The van der Waals surface area contributed by atoms with Crippen molar-refractivity contribution in [2.75, 3.05) is 18.5 Å². The molecule has 1 aliphatic rings. The van der Waals surface area contributed by atoms with E-state index in [1.165, 1.54) is 88.9 Å². The number of anilines is 1. The summed E-state index contributed by atoms with van der Waals surface area (Å²) in [6.07, 6.45) is 11.1. The normalized spacial score (nSPS) is 12.0. The highest BCUT2D eigenvalue weighted by atomic mass is 32.1. The zero-order chi connectivity index (χ0) is 27.3. The first-order valence-electron chi connectivity index (χ1n) is 14.4. The standard InChI is InChI=1S/C33H37NS.C2H5NO/c1-2-3-4-5-6-7-12-29-21-23-35-33(29)31-14-10-13-30(24-31)27-18-16-26(17-19-27)25-34-22-20-28-11-8-9-15-32(28)34;1-3-2-4/h8-11,13-19,21,23-24H,2-7,12,20,22,25H2,1H3;2H,1H3,(H,3,4). The van der Waals surface area contributed by atoms with Gasteiger partial charge in [0.05, 0.1) is 0 Å². The van der Waals surface area contributed by atoms with Gasteiger partial charge in [-0.25, -0.2) is 0 Å². The van der Waals surface area contributed by atoms with Crippen molar-refractivity contribution < 1.29 is 4.79 Å². The van der Waals surface area contributed by atoms with Crippen LogP contribution in [-0.2, 0) is 24.2 Å². The summed E-state index contributed by atoms with van der Waals surface area (Å²) < 4.78 is 0. The zero-order valence-corrected chi connectivity index (χ0v) is 24.3. The largest absolute Gasteiger partial charge is 0.367 e. The van der Waals surface area contributed by atoms with Gasteiger partial charge in [-0.2, -0.15) is 0 Å². The second-order valence-corrected chi connectivity index (χ2v) is 11.2. The Balaban J connectivity index is 0.000000826. The summed E-state index contributed by atoms with van der Waals surface area (Å²) in [5.74, 6) is 0. The SMILES string of the molecule is CCCCCCCCc1ccsc1-c1cccc(-c2ccc(CN3CCc4ccccc43)cc2)c1.CNC=O. The summed E-state index contributed by atoms with van der Waals surface area (Å²) in [6, 6.07) is 29.5. The fourth-order valence-electron chi connectivity index (χ4n) is 5.32. The molecule has 0 saturated heterocycles. The maximum atomic E-state index is 9.06. The summed E-state index contributed by atoms with van der Waals surface area (Å²) in [7, 11) is 1.56. The van der Waals surface area contributed by atoms with Gasteiger partial charge in [0.25, 0.3) is 0 Å². The van der Waals surface area contributed by atoms with Gasteiger partial charge in [-0.1, -0.05) is 99.7 Å². The third-order valence-corrected chi connectivity index (χ3v) is 8.44. The van der Waals surface area contributed by atoms with Crippen molar-refractivity contribution in [2.45, 2.75) is 64.8 Å². The topological polar surface area (TPSA) is 32.3 Å². The Kier molecular flexibility index (Phi) is 11.2. The number of aryl methyl sites for hydroxylation is 1. The lowest BCUT2D eigenvalue weighted by Crippen LogP contribution is -2.19. The summed E-state index contributed by atoms with van der Waals surface area (Å²) in [4.78, 5) is 13.0. The number of thiophene rings is 1. The smallest absolute Gasteiger partial charge is 0.206 e. The summed E-state index contributed by atoms with van der Waals surface area (Å²) in [6.45, 7) is 4.38. The van der Waals surface area contributed by atoms with E-state index in [4.69, 9.17) is 4.79 Å². The monoisotopic (exact) mass is 538 g/mol. The molecule has 0 atom stereocenters. The molecule has 204 valence electrons. The fraction of sp³-hybridized carbons (Fsp3) is 0.343. The minimum Gasteiger partial charge on any atom is -0.367 e. The van der Waals surface area contributed by atoms with E-state index >= 15 is 0 Å². The molecule has 0 aliphatic carbocycles. The number of carbonyl (C=O) groups excluding carboxylic acids is 1. The molecule has 1 aromatic heterocycles. The fourth-order valence-corrected chi connectivity index (χ4v) is 6.27. The van der Waals surface area contributed by atoms with Crippen LogP contribution in [0.5, 0.6) is 0 Å². The molecule has 2 heterocycles. The van der Waals surface area contributed by atoms with Gasteiger partial charge in [0, 0.05) is 30.7 Å². The summed E-state index contributed by atoms with van der Waals surface area (Å²) in [5.41, 5.74) is 9.73. The summed E-state index contributed by atoms with van der Waals surface area (Å²) in [5, 5.41) is 4.51. The molecule has 5 rings (SSSR count). The van der Waals surface area contributed by atoms with Crippen molar-refractivity contribution >= 4 is 23.4 Å². The molecule has 0 radical (unpaired) electrons. The van der Waals surface area contributed by atoms with E-state index in [1.54, 1.807) is 7.05 Å². The second-order valence-electron chi connectivity index (χ2n) is 10.3. The van der Waals surface area contributed by atoms with Crippen molar-refractivity contribution in [1.82, 2.24) is 5.32 Å². The van der Waals surface area contributed by atoms with E-state index in [-0.39, 0.29) is 0 Å². The number of hydrogen-bond acceptors (Lipinski definition) is 3. The van der Waals surface area contributed by atoms with Gasteiger partial charge in [-0.05, 0) is 76.2 Å². The number of unbranched alkanes of at least 4 members (excludes halogenated alkanes) is 5. The number of benzene rings is 3. The van der Waals surface area contributed by atoms with Crippen molar-refractivity contribution in [3.8, 4) is 21.6 Å². The number of carbonyl (C=O) groups is 1. The molecule has 0 unspecified atom stereocenters. The molecule has 1 aliphatic heterocycles. The number of fused-ring (bicyclic) bond motifs is 1. The molecule has 39 heavy (non-hydrogen) atoms. The van der Waals surface area contributed by atoms with Crippen molar-refractivity contribution in [3.05, 3.63) is 101 Å². The second kappa shape index (κ2) is 15.3. The molecule has 0 spiro atoms. The van der Waals surface area contributed by atoms with Gasteiger partial charge in [-0.15, -0.1) is 11.3 Å². The average molecular weight is 539 g/mol. The molecule has 0 saturated carbocycles. The number of hydrogen-bond donors (Lipinski definition) is 1. The van der Waals surface area contributed by atoms with Gasteiger partial charge in [0.1, 0.15) is 0 Å². The highest BCUT2D eigenvalue weighted by Crippen LogP contribution is 2.34. The van der Waals surface area contributed by atoms with E-state index < -0.39 is 0 Å². The van der Waals surface area contributed by atoms with Crippen molar-refractivity contribution in [1.29, 1.82) is 0 Å². The minimum absolute atomic E-state index is 0.625. The highest BCUT2D eigenvalue weighted by molar-refractivity contribution is 7.13. The van der Waals surface area contributed by atoms with E-state index in [0.717, 1.165) is 19.5 Å². The van der Waals surface area contributed by atoms with E-state index in [9.17, 15) is 0 Å².